The van der Waals surface area contributed by atoms with Crippen molar-refractivity contribution in [2.45, 2.75) is 19.6 Å². The predicted octanol–water partition coefficient (Wildman–Crippen LogP) is 9.57. The van der Waals surface area contributed by atoms with Crippen molar-refractivity contribution in [1.29, 1.82) is 0 Å². The van der Waals surface area contributed by atoms with Gasteiger partial charge < -0.3 is 18.8 Å². The van der Waals surface area contributed by atoms with Crippen LogP contribution in [-0.4, -0.2) is 13.8 Å². The van der Waals surface area contributed by atoms with E-state index in [4.69, 9.17) is 18.8 Å². The number of ether oxygens (including phenoxy) is 2. The van der Waals surface area contributed by atoms with Crippen molar-refractivity contribution >= 4 is 45.7 Å². The van der Waals surface area contributed by atoms with Crippen LogP contribution in [0.2, 0.25) is 0 Å². The predicted molar refractivity (Wildman–Crippen MR) is 222 cm³/mol. The molecule has 0 aromatic heterocycles. The Morgan fingerprint density at radius 3 is 1.15 bits per heavy atom. The number of fused-ring (bicyclic) bond motifs is 8. The highest BCUT2D eigenvalue weighted by Crippen LogP contribution is 2.74. The van der Waals surface area contributed by atoms with Gasteiger partial charge in [-0.3, -0.25) is 0 Å². The van der Waals surface area contributed by atoms with E-state index in [1.165, 1.54) is 9.79 Å². The molecule has 8 aromatic rings. The number of hydrogen-bond acceptors (Lipinski definition) is 4. The topological polar surface area (TPSA) is 36.9 Å². The molecule has 55 heavy (non-hydrogen) atoms. The largest absolute Gasteiger partial charge is 0.551 e. The van der Waals surface area contributed by atoms with E-state index in [9.17, 15) is 0 Å². The SMILES string of the molecule is c1ccc(S(c2ccccc2)(c2cc3c4c(c2)-c2ccccc2OB4c2ccccc2O3)c2cc3c4c(c2)-c2ccccc2OB4c2ccccc2O3)cc1. The fourth-order valence-electron chi connectivity index (χ4n) is 8.99. The first kappa shape index (κ1) is 30.9. The minimum Gasteiger partial charge on any atom is -0.551 e. The fraction of sp³-hybridized carbons (Fsp3) is 0. The molecular formula is C48H30B2O4S. The van der Waals surface area contributed by atoms with E-state index in [1.807, 2.05) is 24.3 Å². The number of rotatable bonds is 4. The average molecular weight is 724 g/mol. The van der Waals surface area contributed by atoms with E-state index >= 15 is 0 Å². The van der Waals surface area contributed by atoms with Gasteiger partial charge in [0.2, 0.25) is 0 Å². The zero-order chi connectivity index (χ0) is 36.1. The Kier molecular flexibility index (Phi) is 6.57. The molecule has 8 aromatic carbocycles. The molecule has 0 saturated heterocycles. The zero-order valence-electron chi connectivity index (χ0n) is 29.5. The van der Waals surface area contributed by atoms with E-state index in [0.29, 0.717) is 0 Å². The smallest absolute Gasteiger partial charge is 0.434 e. The van der Waals surface area contributed by atoms with Crippen LogP contribution < -0.4 is 40.6 Å². The Hall–Kier alpha value is -6.56. The average Bonchev–Trinajstić information content (AvgIpc) is 3.25. The normalized spacial score (nSPS) is 13.9. The molecule has 4 aliphatic heterocycles. The Balaban J connectivity index is 1.21. The van der Waals surface area contributed by atoms with Crippen molar-refractivity contribution in [2.24, 2.45) is 0 Å². The van der Waals surface area contributed by atoms with Crippen molar-refractivity contribution in [3.8, 4) is 56.8 Å². The van der Waals surface area contributed by atoms with Gasteiger partial charge in [-0.05, 0) is 83.9 Å². The van der Waals surface area contributed by atoms with E-state index in [1.54, 1.807) is 0 Å². The molecule has 4 heterocycles. The molecule has 4 nitrogen and oxygen atoms in total. The summed E-state index contributed by atoms with van der Waals surface area (Å²) in [6.07, 6.45) is 0. The van der Waals surface area contributed by atoms with Crippen molar-refractivity contribution in [3.63, 3.8) is 0 Å². The van der Waals surface area contributed by atoms with Crippen LogP contribution in [0.25, 0.3) is 22.3 Å². The lowest BCUT2D eigenvalue weighted by Crippen LogP contribution is -2.53. The number of hydrogen-bond donors (Lipinski definition) is 0. The quantitative estimate of drug-likeness (QED) is 0.170. The van der Waals surface area contributed by atoms with Crippen LogP contribution in [0, 0.1) is 0 Å². The molecule has 0 N–H and O–H groups in total. The Morgan fingerprint density at radius 2 is 0.691 bits per heavy atom. The Bertz CT molecular complexity index is 2670. The van der Waals surface area contributed by atoms with Gasteiger partial charge in [-0.25, -0.2) is 0 Å². The van der Waals surface area contributed by atoms with Gasteiger partial charge in [-0.2, -0.15) is 0 Å². The molecule has 0 fully saturated rings. The fourth-order valence-corrected chi connectivity index (χ4v) is 12.9. The van der Waals surface area contributed by atoms with E-state index < -0.39 is 10.0 Å². The lowest BCUT2D eigenvalue weighted by Gasteiger charge is -2.44. The van der Waals surface area contributed by atoms with Crippen molar-refractivity contribution in [2.75, 3.05) is 0 Å². The maximum absolute atomic E-state index is 6.92. The summed E-state index contributed by atoms with van der Waals surface area (Å²) in [4.78, 5) is 4.74. The van der Waals surface area contributed by atoms with Crippen LogP contribution in [0.1, 0.15) is 0 Å². The van der Waals surface area contributed by atoms with Gasteiger partial charge in [0.1, 0.15) is 34.5 Å². The van der Waals surface area contributed by atoms with Gasteiger partial charge in [0.05, 0.1) is 0 Å². The Morgan fingerprint density at radius 1 is 0.309 bits per heavy atom. The van der Waals surface area contributed by atoms with Gasteiger partial charge in [-0.15, -0.1) is 10.0 Å². The monoisotopic (exact) mass is 724 g/mol. The molecule has 0 saturated carbocycles. The van der Waals surface area contributed by atoms with Gasteiger partial charge in [-0.1, -0.05) is 109 Å². The summed E-state index contributed by atoms with van der Waals surface area (Å²) in [5.41, 5.74) is 8.55. The summed E-state index contributed by atoms with van der Waals surface area (Å²) < 4.78 is 27.5. The molecule has 258 valence electrons. The van der Waals surface area contributed by atoms with Gasteiger partial charge in [0.25, 0.3) is 0 Å². The number of para-hydroxylation sites is 4. The minimum atomic E-state index is -2.23. The first-order valence-corrected chi connectivity index (χ1v) is 20.2. The van der Waals surface area contributed by atoms with Crippen LogP contribution in [-0.2, 0) is 0 Å². The molecule has 0 bridgehead atoms. The molecule has 0 radical (unpaired) electrons. The highest BCUT2D eigenvalue weighted by Gasteiger charge is 2.46. The summed E-state index contributed by atoms with van der Waals surface area (Å²) >= 11 is 0. The van der Waals surface area contributed by atoms with E-state index in [-0.39, 0.29) is 13.8 Å². The first-order valence-electron chi connectivity index (χ1n) is 18.6. The molecule has 0 amide bonds. The summed E-state index contributed by atoms with van der Waals surface area (Å²) in [5.74, 6) is 5.00. The van der Waals surface area contributed by atoms with E-state index in [2.05, 4.69) is 158 Å². The molecular weight excluding hydrogens is 694 g/mol. The molecule has 12 rings (SSSR count). The third kappa shape index (κ3) is 4.39. The second-order valence-electron chi connectivity index (χ2n) is 14.3. The maximum Gasteiger partial charge on any atom is 0.434 e. The third-order valence-electron chi connectivity index (χ3n) is 11.3. The molecule has 0 aliphatic carbocycles. The lowest BCUT2D eigenvalue weighted by molar-refractivity contribution is 0.478. The minimum absolute atomic E-state index is 0.285. The highest BCUT2D eigenvalue weighted by molar-refractivity contribution is 8.34. The van der Waals surface area contributed by atoms with Gasteiger partial charge in [0, 0.05) is 52.6 Å². The molecule has 0 unspecified atom stereocenters. The summed E-state index contributed by atoms with van der Waals surface area (Å²) in [6.45, 7) is -0.571. The van der Waals surface area contributed by atoms with Crippen LogP contribution in [0.4, 0.5) is 0 Å². The molecule has 0 spiro atoms. The van der Waals surface area contributed by atoms with Gasteiger partial charge in [0.15, 0.2) is 0 Å². The van der Waals surface area contributed by atoms with E-state index in [0.717, 1.165) is 88.4 Å². The standard InChI is InChI=1S/C48H30B2O4S/c1-3-15-31(16-4-1)55(32-17-5-2-6-18-32,33-27-37-35-19-7-11-23-41(35)53-49-39-21-9-13-25-43(39)51-45(29-33)47(37)49)34-28-38-36-20-8-12-24-42(36)54-50-40-22-10-14-26-44(40)52-46(30-34)48(38)50/h1-30H. The van der Waals surface area contributed by atoms with Crippen molar-refractivity contribution in [3.05, 3.63) is 182 Å². The molecule has 7 heteroatoms. The van der Waals surface area contributed by atoms with Crippen molar-refractivity contribution in [1.82, 2.24) is 0 Å². The molecule has 0 atom stereocenters. The maximum atomic E-state index is 6.92. The summed E-state index contributed by atoms with van der Waals surface area (Å²) in [6, 6.07) is 64.6. The highest BCUT2D eigenvalue weighted by atomic mass is 32.3. The van der Waals surface area contributed by atoms with Crippen LogP contribution in [0.3, 0.4) is 0 Å². The molecule has 4 aliphatic rings. The van der Waals surface area contributed by atoms with Crippen LogP contribution in [0.15, 0.2) is 202 Å². The van der Waals surface area contributed by atoms with Crippen LogP contribution in [0.5, 0.6) is 34.5 Å². The second kappa shape index (κ2) is 11.7. The van der Waals surface area contributed by atoms with Crippen molar-refractivity contribution < 1.29 is 18.8 Å². The summed E-state index contributed by atoms with van der Waals surface area (Å²) in [5, 5.41) is 0. The zero-order valence-corrected chi connectivity index (χ0v) is 30.3. The van der Waals surface area contributed by atoms with Crippen LogP contribution >= 0.6 is 10.0 Å². The lowest BCUT2D eigenvalue weighted by atomic mass is 9.51. The second-order valence-corrected chi connectivity index (χ2v) is 17.4. The third-order valence-corrected chi connectivity index (χ3v) is 15.2. The first-order chi connectivity index (χ1) is 27.3. The number of benzene rings is 8. The Labute approximate surface area is 321 Å². The summed E-state index contributed by atoms with van der Waals surface area (Å²) in [7, 11) is -2.23. The van der Waals surface area contributed by atoms with Gasteiger partial charge >= 0.3 is 13.8 Å².